The van der Waals surface area contributed by atoms with Gasteiger partial charge in [0.1, 0.15) is 23.1 Å². The van der Waals surface area contributed by atoms with Gasteiger partial charge in [0, 0.05) is 24.1 Å². The number of phenols is 1. The van der Waals surface area contributed by atoms with Gasteiger partial charge in [-0.25, -0.2) is 14.4 Å². The Morgan fingerprint density at radius 3 is 2.70 bits per heavy atom. The fourth-order valence-corrected chi connectivity index (χ4v) is 4.08. The highest BCUT2D eigenvalue weighted by Gasteiger charge is 2.17. The molecule has 6 rings (SSSR count). The van der Waals surface area contributed by atoms with Gasteiger partial charge in [0.15, 0.2) is 5.82 Å². The number of nitrogens with zero attached hydrogens (tertiary/aromatic N) is 5. The maximum Gasteiger partial charge on any atom is 0.159 e. The zero-order valence-electron chi connectivity index (χ0n) is 17.8. The molecule has 8 nitrogen and oxygen atoms in total. The Hall–Kier alpha value is -4.53. The minimum atomic E-state index is -0.513. The number of nitrogens with one attached hydrogen (secondary N) is 2. The number of aromatic nitrogens is 7. The third-order valence-electron chi connectivity index (χ3n) is 5.86. The second-order valence-corrected chi connectivity index (χ2v) is 7.92. The summed E-state index contributed by atoms with van der Waals surface area (Å²) in [6.07, 6.45) is 3.54. The summed E-state index contributed by atoms with van der Waals surface area (Å²) in [5, 5.41) is 18.2. The quantitative estimate of drug-likeness (QED) is 0.370. The molecule has 162 valence electrons. The molecular formula is C24H18FN7O. The van der Waals surface area contributed by atoms with Crippen molar-refractivity contribution in [2.45, 2.75) is 6.92 Å². The van der Waals surface area contributed by atoms with Crippen molar-refractivity contribution < 1.29 is 9.50 Å². The molecule has 0 aliphatic rings. The topological polar surface area (TPSA) is 108 Å². The second kappa shape index (κ2) is 6.99. The lowest BCUT2D eigenvalue weighted by molar-refractivity contribution is 0.469. The minimum absolute atomic E-state index is 0.138. The van der Waals surface area contributed by atoms with Gasteiger partial charge in [-0.1, -0.05) is 12.1 Å². The van der Waals surface area contributed by atoms with E-state index < -0.39 is 5.82 Å². The molecule has 0 radical (unpaired) electrons. The lowest BCUT2D eigenvalue weighted by Crippen LogP contribution is -1.95. The number of phenolic OH excluding ortho intramolecular Hbond substituents is 1. The van der Waals surface area contributed by atoms with Gasteiger partial charge in [-0.05, 0) is 36.8 Å². The molecule has 0 bridgehead atoms. The van der Waals surface area contributed by atoms with Crippen LogP contribution in [-0.4, -0.2) is 39.8 Å². The first-order valence-electron chi connectivity index (χ1n) is 10.3. The Bertz CT molecular complexity index is 1660. The first-order valence-corrected chi connectivity index (χ1v) is 10.3. The van der Waals surface area contributed by atoms with E-state index in [1.54, 1.807) is 12.4 Å². The number of benzene rings is 2. The maximum absolute atomic E-state index is 13.9. The molecule has 0 fully saturated rings. The van der Waals surface area contributed by atoms with Gasteiger partial charge in [0.25, 0.3) is 0 Å². The van der Waals surface area contributed by atoms with Gasteiger partial charge < -0.3 is 14.7 Å². The Morgan fingerprint density at radius 2 is 1.91 bits per heavy atom. The van der Waals surface area contributed by atoms with Crippen molar-refractivity contribution in [3.63, 3.8) is 0 Å². The van der Waals surface area contributed by atoms with Crippen LogP contribution in [0.25, 0.3) is 56.0 Å². The monoisotopic (exact) mass is 439 g/mol. The molecule has 3 N–H and O–H groups in total. The average molecular weight is 439 g/mol. The van der Waals surface area contributed by atoms with Crippen molar-refractivity contribution in [3.8, 4) is 39.8 Å². The normalized spacial score (nSPS) is 11.6. The summed E-state index contributed by atoms with van der Waals surface area (Å²) in [6.45, 7) is 1.94. The number of fused-ring (bicyclic) bond motifs is 2. The number of H-pyrrole nitrogens is 2. The van der Waals surface area contributed by atoms with Crippen molar-refractivity contribution >= 4 is 21.9 Å². The molecule has 0 saturated carbocycles. The molecule has 0 saturated heterocycles. The van der Waals surface area contributed by atoms with Crippen LogP contribution in [0.15, 0.2) is 54.9 Å². The lowest BCUT2D eigenvalue weighted by atomic mass is 10.0. The van der Waals surface area contributed by atoms with E-state index in [1.165, 1.54) is 12.1 Å². The second-order valence-electron chi connectivity index (χ2n) is 7.92. The summed E-state index contributed by atoms with van der Waals surface area (Å²) >= 11 is 0. The molecule has 0 amide bonds. The van der Waals surface area contributed by atoms with E-state index in [2.05, 4.69) is 25.1 Å². The number of rotatable bonds is 3. The van der Waals surface area contributed by atoms with Crippen LogP contribution >= 0.6 is 0 Å². The number of aryl methyl sites for hydroxylation is 1. The van der Waals surface area contributed by atoms with Crippen LogP contribution in [-0.2, 0) is 7.05 Å². The molecule has 4 aromatic heterocycles. The summed E-state index contributed by atoms with van der Waals surface area (Å²) in [5.74, 6) is 0.818. The smallest absolute Gasteiger partial charge is 0.159 e. The molecule has 33 heavy (non-hydrogen) atoms. The molecule has 9 heteroatoms. The largest absolute Gasteiger partial charge is 0.508 e. The van der Waals surface area contributed by atoms with Gasteiger partial charge >= 0.3 is 0 Å². The van der Waals surface area contributed by atoms with E-state index in [4.69, 9.17) is 4.98 Å². The summed E-state index contributed by atoms with van der Waals surface area (Å²) in [6, 6.07) is 11.5. The predicted octanol–water partition coefficient (Wildman–Crippen LogP) is 4.72. The van der Waals surface area contributed by atoms with Crippen molar-refractivity contribution in [3.05, 3.63) is 66.5 Å². The van der Waals surface area contributed by atoms with Gasteiger partial charge in [-0.15, -0.1) is 0 Å². The van der Waals surface area contributed by atoms with Gasteiger partial charge in [-0.2, -0.15) is 5.10 Å². The SMILES string of the molecule is Cc1ncc(-c2cc3c(-c4nc5c(-c6cc(O)cc(F)c6)cccc5[nH]4)n[nH]c3cn2)n1C. The van der Waals surface area contributed by atoms with E-state index in [0.29, 0.717) is 28.2 Å². The predicted molar refractivity (Wildman–Crippen MR) is 123 cm³/mol. The Balaban J connectivity index is 1.52. The Labute approximate surface area is 186 Å². The summed E-state index contributed by atoms with van der Waals surface area (Å²) < 4.78 is 15.9. The maximum atomic E-state index is 13.9. The molecule has 0 spiro atoms. The third-order valence-corrected chi connectivity index (χ3v) is 5.86. The molecule has 6 aromatic rings. The van der Waals surface area contributed by atoms with E-state index in [0.717, 1.165) is 39.7 Å². The van der Waals surface area contributed by atoms with Crippen LogP contribution in [0.4, 0.5) is 4.39 Å². The Kier molecular flexibility index (Phi) is 4.06. The van der Waals surface area contributed by atoms with Gasteiger partial charge in [0.05, 0.1) is 40.3 Å². The number of halogens is 1. The molecule has 2 aromatic carbocycles. The highest BCUT2D eigenvalue weighted by molar-refractivity contribution is 5.97. The van der Waals surface area contributed by atoms with Crippen molar-refractivity contribution in [1.29, 1.82) is 0 Å². The zero-order valence-corrected chi connectivity index (χ0v) is 17.8. The van der Waals surface area contributed by atoms with E-state index >= 15 is 0 Å². The third kappa shape index (κ3) is 3.05. The van der Waals surface area contributed by atoms with Crippen LogP contribution in [0.3, 0.4) is 0 Å². The van der Waals surface area contributed by atoms with Crippen molar-refractivity contribution in [1.82, 2.24) is 34.7 Å². The van der Waals surface area contributed by atoms with Crippen LogP contribution in [0, 0.1) is 12.7 Å². The standard InChI is InChI=1S/C24H18FN7O/c1-12-26-11-21(32(12)2)19-9-17-20(10-27-19)30-31-23(17)24-28-18-5-3-4-16(22(18)29-24)13-6-14(25)8-15(33)7-13/h3-11,33H,1-2H3,(H,28,29)(H,30,31). The van der Waals surface area contributed by atoms with Crippen LogP contribution in [0.1, 0.15) is 5.82 Å². The van der Waals surface area contributed by atoms with Crippen LogP contribution in [0.2, 0.25) is 0 Å². The first-order chi connectivity index (χ1) is 16.0. The van der Waals surface area contributed by atoms with Crippen LogP contribution in [0.5, 0.6) is 5.75 Å². The van der Waals surface area contributed by atoms with E-state index in [9.17, 15) is 9.50 Å². The van der Waals surface area contributed by atoms with E-state index in [1.807, 2.05) is 42.8 Å². The Morgan fingerprint density at radius 1 is 1.03 bits per heavy atom. The number of hydrogen-bond donors (Lipinski definition) is 3. The zero-order chi connectivity index (χ0) is 22.7. The number of aromatic hydroxyl groups is 1. The van der Waals surface area contributed by atoms with Crippen molar-refractivity contribution in [2.75, 3.05) is 0 Å². The number of hydrogen-bond acceptors (Lipinski definition) is 5. The summed E-state index contributed by atoms with van der Waals surface area (Å²) in [4.78, 5) is 17.0. The molecule has 0 aliphatic heterocycles. The van der Waals surface area contributed by atoms with Crippen molar-refractivity contribution in [2.24, 2.45) is 7.05 Å². The fourth-order valence-electron chi connectivity index (χ4n) is 4.08. The first kappa shape index (κ1) is 19.2. The van der Waals surface area contributed by atoms with Gasteiger partial charge in [0.2, 0.25) is 0 Å². The average Bonchev–Trinajstić information content (AvgIpc) is 3.49. The molecule has 0 unspecified atom stereocenters. The van der Waals surface area contributed by atoms with E-state index in [-0.39, 0.29) is 5.75 Å². The van der Waals surface area contributed by atoms with Crippen LogP contribution < -0.4 is 0 Å². The molecule has 0 aliphatic carbocycles. The fraction of sp³-hybridized carbons (Fsp3) is 0.0833. The number of pyridine rings is 1. The number of aromatic amines is 2. The number of imidazole rings is 2. The minimum Gasteiger partial charge on any atom is -0.508 e. The lowest BCUT2D eigenvalue weighted by Gasteiger charge is -2.04. The van der Waals surface area contributed by atoms with Gasteiger partial charge in [-0.3, -0.25) is 10.1 Å². The number of para-hydroxylation sites is 1. The molecule has 0 atom stereocenters. The molecular weight excluding hydrogens is 421 g/mol. The summed E-state index contributed by atoms with van der Waals surface area (Å²) in [7, 11) is 1.95. The molecule has 4 heterocycles. The highest BCUT2D eigenvalue weighted by Crippen LogP contribution is 2.33. The summed E-state index contributed by atoms with van der Waals surface area (Å²) in [5.41, 5.74) is 5.79. The highest BCUT2D eigenvalue weighted by atomic mass is 19.1.